The second-order valence-electron chi connectivity index (χ2n) is 6.11. The van der Waals surface area contributed by atoms with E-state index in [0.717, 1.165) is 24.4 Å². The molecule has 0 aliphatic heterocycles. The molecule has 0 heterocycles. The summed E-state index contributed by atoms with van der Waals surface area (Å²) in [6.45, 7) is 12.7. The summed E-state index contributed by atoms with van der Waals surface area (Å²) in [5.41, 5.74) is 0.433. The Bertz CT molecular complexity index is 149. The van der Waals surface area contributed by atoms with Gasteiger partial charge in [-0.25, -0.2) is 0 Å². The molecule has 0 aromatic heterocycles. The third-order valence-electron chi connectivity index (χ3n) is 3.04. The van der Waals surface area contributed by atoms with Crippen LogP contribution >= 0.6 is 0 Å². The summed E-state index contributed by atoms with van der Waals surface area (Å²) >= 11 is 0. The lowest BCUT2D eigenvalue weighted by atomic mass is 9.73. The molecule has 78 valence electrons. The minimum atomic E-state index is 0.433. The van der Waals surface area contributed by atoms with Crippen LogP contribution in [0.2, 0.25) is 0 Å². The van der Waals surface area contributed by atoms with Gasteiger partial charge in [0.25, 0.3) is 0 Å². The summed E-state index contributed by atoms with van der Waals surface area (Å²) in [4.78, 5) is 0. The van der Waals surface area contributed by atoms with Crippen LogP contribution in [-0.4, -0.2) is 12.6 Å². The molecule has 1 saturated carbocycles. The van der Waals surface area contributed by atoms with E-state index in [0.29, 0.717) is 5.41 Å². The zero-order valence-electron chi connectivity index (χ0n) is 9.85. The predicted molar refractivity (Wildman–Crippen MR) is 58.8 cm³/mol. The topological polar surface area (TPSA) is 12.0 Å². The molecule has 0 bridgehead atoms. The van der Waals surface area contributed by atoms with Crippen molar-refractivity contribution < 1.29 is 0 Å². The predicted octanol–water partition coefficient (Wildman–Crippen LogP) is 3.06. The van der Waals surface area contributed by atoms with Gasteiger partial charge in [0.1, 0.15) is 0 Å². The van der Waals surface area contributed by atoms with Crippen LogP contribution < -0.4 is 5.32 Å². The van der Waals surface area contributed by atoms with E-state index in [2.05, 4.69) is 39.9 Å². The molecular weight excluding hydrogens is 158 g/mol. The van der Waals surface area contributed by atoms with Crippen molar-refractivity contribution in [1.29, 1.82) is 0 Å². The van der Waals surface area contributed by atoms with Crippen LogP contribution in [0.1, 0.15) is 47.5 Å². The maximum Gasteiger partial charge on any atom is 0.00727 e. The summed E-state index contributed by atoms with van der Waals surface area (Å²) in [6.07, 6.45) is 2.79. The van der Waals surface area contributed by atoms with Gasteiger partial charge in [0, 0.05) is 12.6 Å². The lowest BCUT2D eigenvalue weighted by Gasteiger charge is -2.40. The van der Waals surface area contributed by atoms with Crippen LogP contribution in [-0.2, 0) is 0 Å². The van der Waals surface area contributed by atoms with Gasteiger partial charge in [-0.2, -0.15) is 0 Å². The summed E-state index contributed by atoms with van der Waals surface area (Å²) < 4.78 is 0. The first-order valence-corrected chi connectivity index (χ1v) is 5.62. The fourth-order valence-electron chi connectivity index (χ4n) is 1.82. The maximum absolute atomic E-state index is 3.64. The lowest BCUT2D eigenvalue weighted by molar-refractivity contribution is 0.157. The first-order chi connectivity index (χ1) is 5.88. The fourth-order valence-corrected chi connectivity index (χ4v) is 1.82. The largest absolute Gasteiger partial charge is 0.313 e. The normalized spacial score (nSPS) is 29.1. The number of hydrogen-bond acceptors (Lipinski definition) is 1. The molecule has 0 spiro atoms. The molecule has 1 fully saturated rings. The Hall–Kier alpha value is -0.0400. The molecule has 0 aromatic rings. The highest BCUT2D eigenvalue weighted by Gasteiger charge is 2.31. The zero-order chi connectivity index (χ0) is 10.1. The van der Waals surface area contributed by atoms with Crippen molar-refractivity contribution in [1.82, 2.24) is 5.32 Å². The average molecular weight is 183 g/mol. The molecule has 0 aromatic carbocycles. The van der Waals surface area contributed by atoms with E-state index in [1.807, 2.05) is 0 Å². The van der Waals surface area contributed by atoms with Gasteiger partial charge in [-0.15, -0.1) is 0 Å². The van der Waals surface area contributed by atoms with E-state index in [9.17, 15) is 0 Å². The molecule has 1 nitrogen and oxygen atoms in total. The smallest absolute Gasteiger partial charge is 0.00727 e. The molecule has 0 atom stereocenters. The molecule has 0 radical (unpaired) electrons. The van der Waals surface area contributed by atoms with Gasteiger partial charge >= 0.3 is 0 Å². The van der Waals surface area contributed by atoms with E-state index < -0.39 is 0 Å². The summed E-state index contributed by atoms with van der Waals surface area (Å²) in [5.74, 6) is 1.87. The quantitative estimate of drug-likeness (QED) is 0.709. The van der Waals surface area contributed by atoms with Crippen molar-refractivity contribution in [3.8, 4) is 0 Å². The Balaban J connectivity index is 2.09. The second-order valence-corrected chi connectivity index (χ2v) is 6.11. The summed E-state index contributed by atoms with van der Waals surface area (Å²) in [6, 6.07) is 0.812. The number of hydrogen-bond donors (Lipinski definition) is 1. The minimum absolute atomic E-state index is 0.433. The number of nitrogens with one attached hydrogen (secondary N) is 1. The highest BCUT2D eigenvalue weighted by molar-refractivity contribution is 4.87. The van der Waals surface area contributed by atoms with Gasteiger partial charge in [-0.05, 0) is 30.1 Å². The van der Waals surface area contributed by atoms with Crippen LogP contribution in [0.4, 0.5) is 0 Å². The zero-order valence-corrected chi connectivity index (χ0v) is 9.85. The Morgan fingerprint density at radius 1 is 1.23 bits per heavy atom. The molecule has 0 amide bonds. The summed E-state index contributed by atoms with van der Waals surface area (Å²) in [7, 11) is 0. The van der Waals surface area contributed by atoms with Crippen molar-refractivity contribution >= 4 is 0 Å². The maximum atomic E-state index is 3.64. The van der Waals surface area contributed by atoms with E-state index >= 15 is 0 Å². The Morgan fingerprint density at radius 3 is 2.15 bits per heavy atom. The molecule has 1 N–H and O–H groups in total. The Labute approximate surface area is 83.3 Å². The third kappa shape index (κ3) is 3.68. The monoisotopic (exact) mass is 183 g/mol. The van der Waals surface area contributed by atoms with E-state index in [1.165, 1.54) is 12.8 Å². The first kappa shape index (κ1) is 11.0. The fraction of sp³-hybridized carbons (Fsp3) is 1.00. The summed E-state index contributed by atoms with van der Waals surface area (Å²) in [5, 5.41) is 3.64. The van der Waals surface area contributed by atoms with E-state index in [4.69, 9.17) is 0 Å². The average Bonchev–Trinajstić information content (AvgIpc) is 1.79. The Kier molecular flexibility index (Phi) is 3.39. The van der Waals surface area contributed by atoms with Crippen LogP contribution in [0, 0.1) is 17.3 Å². The van der Waals surface area contributed by atoms with Gasteiger partial charge in [0.05, 0.1) is 0 Å². The minimum Gasteiger partial charge on any atom is -0.313 e. The van der Waals surface area contributed by atoms with Gasteiger partial charge in [-0.3, -0.25) is 0 Å². The Morgan fingerprint density at radius 2 is 1.77 bits per heavy atom. The van der Waals surface area contributed by atoms with E-state index in [1.54, 1.807) is 0 Å². The first-order valence-electron chi connectivity index (χ1n) is 5.62. The molecule has 0 saturated heterocycles. The third-order valence-corrected chi connectivity index (χ3v) is 3.04. The standard InChI is InChI=1S/C12H25N/c1-9(2)10-6-11(7-10)13-8-12(3,4)5/h9-11,13H,6-8H2,1-5H3. The van der Waals surface area contributed by atoms with Crippen LogP contribution in [0.25, 0.3) is 0 Å². The molecule has 13 heavy (non-hydrogen) atoms. The van der Waals surface area contributed by atoms with Gasteiger partial charge in [0.15, 0.2) is 0 Å². The van der Waals surface area contributed by atoms with Crippen LogP contribution in [0.15, 0.2) is 0 Å². The lowest BCUT2D eigenvalue weighted by Crippen LogP contribution is -2.45. The molecular formula is C12H25N. The molecule has 1 heteroatoms. The highest BCUT2D eigenvalue weighted by Crippen LogP contribution is 2.33. The van der Waals surface area contributed by atoms with E-state index in [-0.39, 0.29) is 0 Å². The van der Waals surface area contributed by atoms with Crippen molar-refractivity contribution in [2.75, 3.05) is 6.54 Å². The molecule has 1 rings (SSSR count). The molecule has 0 unspecified atom stereocenters. The highest BCUT2D eigenvalue weighted by atomic mass is 14.9. The van der Waals surface area contributed by atoms with Crippen LogP contribution in [0.3, 0.4) is 0 Å². The van der Waals surface area contributed by atoms with Crippen molar-refractivity contribution in [2.45, 2.75) is 53.5 Å². The van der Waals surface area contributed by atoms with Gasteiger partial charge < -0.3 is 5.32 Å². The SMILES string of the molecule is CC(C)C1CC(NCC(C)(C)C)C1. The molecule has 1 aliphatic rings. The molecule has 1 aliphatic carbocycles. The van der Waals surface area contributed by atoms with Crippen molar-refractivity contribution in [2.24, 2.45) is 17.3 Å². The van der Waals surface area contributed by atoms with Crippen molar-refractivity contribution in [3.05, 3.63) is 0 Å². The van der Waals surface area contributed by atoms with Crippen LogP contribution in [0.5, 0.6) is 0 Å². The van der Waals surface area contributed by atoms with Gasteiger partial charge in [0.2, 0.25) is 0 Å². The van der Waals surface area contributed by atoms with Gasteiger partial charge in [-0.1, -0.05) is 34.6 Å². The second kappa shape index (κ2) is 4.00. The number of rotatable bonds is 3. The van der Waals surface area contributed by atoms with Crippen molar-refractivity contribution in [3.63, 3.8) is 0 Å².